The van der Waals surface area contributed by atoms with Crippen molar-refractivity contribution in [3.63, 3.8) is 0 Å². The van der Waals surface area contributed by atoms with Crippen LogP contribution in [0, 0.1) is 5.92 Å². The van der Waals surface area contributed by atoms with Crippen LogP contribution in [0.1, 0.15) is 13.3 Å². The molecule has 2 aliphatic rings. The fraction of sp³-hybridized carbons (Fsp3) is 0.636. The highest BCUT2D eigenvalue weighted by Gasteiger charge is 2.40. The molecule has 8 nitrogen and oxygen atoms in total. The number of hydrogen-bond donors (Lipinski definition) is 2. The average molecular weight is 269 g/mol. The Bertz CT molecular complexity index is 434. The number of piperazine rings is 1. The maximum Gasteiger partial charge on any atom is 0.321 e. The summed E-state index contributed by atoms with van der Waals surface area (Å²) in [6.45, 7) is 1.63. The summed E-state index contributed by atoms with van der Waals surface area (Å²) >= 11 is 0. The van der Waals surface area contributed by atoms with Gasteiger partial charge in [-0.2, -0.15) is 0 Å². The van der Waals surface area contributed by atoms with Crippen LogP contribution in [0.3, 0.4) is 0 Å². The summed E-state index contributed by atoms with van der Waals surface area (Å²) in [6.07, 6.45) is 0.385. The Balaban J connectivity index is 2.06. The van der Waals surface area contributed by atoms with Gasteiger partial charge in [-0.15, -0.1) is 0 Å². The Morgan fingerprint density at radius 1 is 1.26 bits per heavy atom. The number of rotatable bonds is 1. The minimum absolute atomic E-state index is 0.175. The van der Waals surface area contributed by atoms with Gasteiger partial charge in [-0.3, -0.25) is 19.7 Å². The predicted molar refractivity (Wildman–Crippen MR) is 62.0 cm³/mol. The molecule has 0 aromatic carbocycles. The van der Waals surface area contributed by atoms with Gasteiger partial charge in [0.2, 0.25) is 11.8 Å². The Morgan fingerprint density at radius 3 is 2.32 bits per heavy atom. The normalized spacial score (nSPS) is 27.4. The maximum absolute atomic E-state index is 12.2. The molecular weight excluding hydrogens is 254 g/mol. The zero-order valence-electron chi connectivity index (χ0n) is 10.5. The van der Waals surface area contributed by atoms with Gasteiger partial charge in [0.15, 0.2) is 0 Å². The van der Waals surface area contributed by atoms with Crippen molar-refractivity contribution in [2.75, 3.05) is 19.6 Å². The predicted octanol–water partition coefficient (Wildman–Crippen LogP) is -1.14. The summed E-state index contributed by atoms with van der Waals surface area (Å²) < 4.78 is 0. The molecule has 0 radical (unpaired) electrons. The number of nitrogens with zero attached hydrogens (tertiary/aromatic N) is 2. The molecule has 0 aromatic rings. The van der Waals surface area contributed by atoms with E-state index in [-0.39, 0.29) is 13.1 Å². The highest BCUT2D eigenvalue weighted by molar-refractivity contribution is 6.02. The van der Waals surface area contributed by atoms with Crippen LogP contribution in [0.5, 0.6) is 0 Å². The van der Waals surface area contributed by atoms with E-state index in [2.05, 4.69) is 5.32 Å². The van der Waals surface area contributed by atoms with Crippen molar-refractivity contribution in [3.8, 4) is 0 Å². The number of aliphatic carboxylic acids is 1. The van der Waals surface area contributed by atoms with Crippen LogP contribution < -0.4 is 5.32 Å². The number of urea groups is 1. The van der Waals surface area contributed by atoms with E-state index in [1.54, 1.807) is 6.92 Å². The first-order valence-electron chi connectivity index (χ1n) is 6.01. The molecule has 8 heteroatoms. The lowest BCUT2D eigenvalue weighted by Gasteiger charge is -2.32. The molecule has 2 atom stereocenters. The number of imide groups is 1. The van der Waals surface area contributed by atoms with Gasteiger partial charge in [-0.25, -0.2) is 4.79 Å². The monoisotopic (exact) mass is 269 g/mol. The van der Waals surface area contributed by atoms with Gasteiger partial charge in [0.1, 0.15) is 13.1 Å². The van der Waals surface area contributed by atoms with E-state index >= 15 is 0 Å². The van der Waals surface area contributed by atoms with Crippen molar-refractivity contribution in [1.29, 1.82) is 0 Å². The number of hydrogen-bond acceptors (Lipinski definition) is 4. The quantitative estimate of drug-likeness (QED) is 0.585. The Hall–Kier alpha value is -2.12. The number of carboxylic acid groups (broad SMARTS) is 1. The largest absolute Gasteiger partial charge is 0.481 e. The van der Waals surface area contributed by atoms with Crippen LogP contribution in [0.15, 0.2) is 0 Å². The summed E-state index contributed by atoms with van der Waals surface area (Å²) in [5.74, 6) is -2.58. The third-order valence-corrected chi connectivity index (χ3v) is 3.54. The molecule has 0 aliphatic carbocycles. The molecule has 2 aliphatic heterocycles. The zero-order chi connectivity index (χ0) is 14.2. The number of carboxylic acids is 1. The first kappa shape index (κ1) is 13.3. The molecule has 4 amide bonds. The van der Waals surface area contributed by atoms with Crippen LogP contribution in [-0.2, 0) is 14.4 Å². The first-order chi connectivity index (χ1) is 8.90. The molecule has 104 valence electrons. The Kier molecular flexibility index (Phi) is 3.41. The van der Waals surface area contributed by atoms with E-state index in [1.165, 1.54) is 4.90 Å². The van der Waals surface area contributed by atoms with Gasteiger partial charge >= 0.3 is 12.0 Å². The van der Waals surface area contributed by atoms with E-state index in [9.17, 15) is 19.2 Å². The second-order valence-electron chi connectivity index (χ2n) is 4.78. The molecular formula is C11H15N3O5. The number of likely N-dealkylation sites (tertiary alicyclic amines) is 1. The molecule has 0 saturated carbocycles. The number of nitrogens with one attached hydrogen (secondary N) is 1. The molecule has 0 bridgehead atoms. The van der Waals surface area contributed by atoms with Crippen molar-refractivity contribution in [2.24, 2.45) is 5.92 Å². The van der Waals surface area contributed by atoms with Crippen molar-refractivity contribution in [2.45, 2.75) is 19.4 Å². The molecule has 0 aromatic heterocycles. The fourth-order valence-electron chi connectivity index (χ4n) is 2.49. The van der Waals surface area contributed by atoms with Crippen molar-refractivity contribution in [3.05, 3.63) is 0 Å². The van der Waals surface area contributed by atoms with Crippen LogP contribution in [0.4, 0.5) is 4.79 Å². The number of carbonyl (C=O) groups excluding carboxylic acids is 3. The van der Waals surface area contributed by atoms with E-state index in [4.69, 9.17) is 5.11 Å². The summed E-state index contributed by atoms with van der Waals surface area (Å²) in [6, 6.07) is -0.899. The lowest BCUT2D eigenvalue weighted by molar-refractivity contribution is -0.142. The van der Waals surface area contributed by atoms with Crippen LogP contribution in [-0.4, -0.2) is 64.4 Å². The summed E-state index contributed by atoms with van der Waals surface area (Å²) in [5, 5.41) is 11.1. The second kappa shape index (κ2) is 4.87. The molecule has 2 heterocycles. The molecule has 2 N–H and O–H groups in total. The third-order valence-electron chi connectivity index (χ3n) is 3.54. The number of carbonyl (C=O) groups is 4. The Morgan fingerprint density at radius 2 is 1.84 bits per heavy atom. The van der Waals surface area contributed by atoms with Gasteiger partial charge in [0, 0.05) is 12.6 Å². The van der Waals surface area contributed by atoms with E-state index in [0.717, 1.165) is 4.90 Å². The lowest BCUT2D eigenvalue weighted by Crippen LogP contribution is -2.57. The smallest absolute Gasteiger partial charge is 0.321 e. The van der Waals surface area contributed by atoms with E-state index < -0.39 is 35.8 Å². The summed E-state index contributed by atoms with van der Waals surface area (Å²) in [7, 11) is 0. The van der Waals surface area contributed by atoms with Gasteiger partial charge in [-0.1, -0.05) is 0 Å². The molecule has 0 spiro atoms. The minimum Gasteiger partial charge on any atom is -0.481 e. The van der Waals surface area contributed by atoms with Gasteiger partial charge in [-0.05, 0) is 13.3 Å². The topological polar surface area (TPSA) is 107 Å². The third kappa shape index (κ3) is 2.51. The van der Waals surface area contributed by atoms with Crippen molar-refractivity contribution in [1.82, 2.24) is 15.1 Å². The standard InChI is InChI=1S/C11H15N3O5/c1-6-7(10(17)18)2-3-14(6)11(19)13-4-8(15)12-9(16)5-13/h6-7H,2-5H2,1H3,(H,17,18)(H,12,15,16). The maximum atomic E-state index is 12.2. The SMILES string of the molecule is CC1C(C(=O)O)CCN1C(=O)N1CC(=O)NC(=O)C1. The Labute approximate surface area is 109 Å². The molecule has 19 heavy (non-hydrogen) atoms. The summed E-state index contributed by atoms with van der Waals surface area (Å²) in [5.41, 5.74) is 0. The van der Waals surface area contributed by atoms with Crippen molar-refractivity contribution < 1.29 is 24.3 Å². The second-order valence-corrected chi connectivity index (χ2v) is 4.78. The van der Waals surface area contributed by atoms with Crippen LogP contribution in [0.2, 0.25) is 0 Å². The van der Waals surface area contributed by atoms with E-state index in [0.29, 0.717) is 13.0 Å². The molecule has 2 unspecified atom stereocenters. The molecule has 2 rings (SSSR count). The lowest BCUT2D eigenvalue weighted by atomic mass is 10.0. The first-order valence-corrected chi connectivity index (χ1v) is 6.01. The highest BCUT2D eigenvalue weighted by Crippen LogP contribution is 2.25. The van der Waals surface area contributed by atoms with Crippen LogP contribution >= 0.6 is 0 Å². The van der Waals surface area contributed by atoms with Gasteiger partial charge < -0.3 is 14.9 Å². The van der Waals surface area contributed by atoms with E-state index in [1.807, 2.05) is 0 Å². The molecule has 2 saturated heterocycles. The van der Waals surface area contributed by atoms with Crippen molar-refractivity contribution >= 4 is 23.8 Å². The summed E-state index contributed by atoms with van der Waals surface area (Å²) in [4.78, 5) is 48.2. The number of amides is 4. The highest BCUT2D eigenvalue weighted by atomic mass is 16.4. The minimum atomic E-state index is -0.935. The molecule has 2 fully saturated rings. The zero-order valence-corrected chi connectivity index (χ0v) is 10.5. The van der Waals surface area contributed by atoms with Crippen LogP contribution in [0.25, 0.3) is 0 Å². The fourth-order valence-corrected chi connectivity index (χ4v) is 2.49. The van der Waals surface area contributed by atoms with Gasteiger partial charge in [0.25, 0.3) is 0 Å². The average Bonchev–Trinajstić information content (AvgIpc) is 2.69. The van der Waals surface area contributed by atoms with Gasteiger partial charge in [0.05, 0.1) is 5.92 Å².